The molecule has 0 bridgehead atoms. The molecule has 0 aliphatic rings. The smallest absolute Gasteiger partial charge is 0.333 e. The highest BCUT2D eigenvalue weighted by molar-refractivity contribution is 5.86. The molecule has 5 nitrogen and oxygen atoms in total. The first-order chi connectivity index (χ1) is 7.95. The standard InChI is InChI=1S/C12H20O5/c1-9(2)11(13)16-7-5-15-6-8-17-12(14)10(3)4/h10H,1,5-8H2,2-4H3. The van der Waals surface area contributed by atoms with Crippen LogP contribution in [0.15, 0.2) is 12.2 Å². The Kier molecular flexibility index (Phi) is 8.05. The molecule has 0 aliphatic heterocycles. The quantitative estimate of drug-likeness (QED) is 0.366. The molecule has 0 aromatic rings. The summed E-state index contributed by atoms with van der Waals surface area (Å²) < 4.78 is 14.8. The number of esters is 2. The molecule has 0 fully saturated rings. The van der Waals surface area contributed by atoms with Crippen LogP contribution in [-0.2, 0) is 23.8 Å². The molecule has 0 saturated carbocycles. The van der Waals surface area contributed by atoms with E-state index in [1.165, 1.54) is 0 Å². The third-order valence-corrected chi connectivity index (χ3v) is 1.75. The van der Waals surface area contributed by atoms with Gasteiger partial charge < -0.3 is 14.2 Å². The molecular weight excluding hydrogens is 224 g/mol. The molecule has 0 amide bonds. The fourth-order valence-corrected chi connectivity index (χ4v) is 0.786. The van der Waals surface area contributed by atoms with Crippen molar-refractivity contribution in [3.05, 3.63) is 12.2 Å². The number of carbonyl (C=O) groups is 2. The lowest BCUT2D eigenvalue weighted by Gasteiger charge is -2.08. The molecule has 0 saturated heterocycles. The van der Waals surface area contributed by atoms with Crippen LogP contribution in [0.2, 0.25) is 0 Å². The molecule has 0 aliphatic carbocycles. The fourth-order valence-electron chi connectivity index (χ4n) is 0.786. The van der Waals surface area contributed by atoms with E-state index >= 15 is 0 Å². The highest BCUT2D eigenvalue weighted by atomic mass is 16.6. The maximum absolute atomic E-state index is 11.0. The fraction of sp³-hybridized carbons (Fsp3) is 0.667. The van der Waals surface area contributed by atoms with Crippen LogP contribution in [-0.4, -0.2) is 38.4 Å². The number of carbonyl (C=O) groups excluding carboxylic acids is 2. The zero-order chi connectivity index (χ0) is 13.3. The zero-order valence-corrected chi connectivity index (χ0v) is 10.7. The molecule has 0 N–H and O–H groups in total. The molecule has 0 spiro atoms. The van der Waals surface area contributed by atoms with E-state index < -0.39 is 5.97 Å². The number of ether oxygens (including phenoxy) is 3. The molecule has 0 aromatic carbocycles. The van der Waals surface area contributed by atoms with E-state index in [9.17, 15) is 9.59 Å². The Labute approximate surface area is 102 Å². The van der Waals surface area contributed by atoms with E-state index in [1.807, 2.05) is 0 Å². The normalized spacial score (nSPS) is 10.1. The summed E-state index contributed by atoms with van der Waals surface area (Å²) in [6.07, 6.45) is 0. The van der Waals surface area contributed by atoms with Crippen molar-refractivity contribution in [2.45, 2.75) is 20.8 Å². The Hall–Kier alpha value is -1.36. The second-order valence-electron chi connectivity index (χ2n) is 3.85. The summed E-state index contributed by atoms with van der Waals surface area (Å²) in [5.41, 5.74) is 0.357. The summed E-state index contributed by atoms with van der Waals surface area (Å²) in [5.74, 6) is -0.811. The third-order valence-electron chi connectivity index (χ3n) is 1.75. The SMILES string of the molecule is C=C(C)C(=O)OCCOCCOC(=O)C(C)C. The van der Waals surface area contributed by atoms with Crippen LogP contribution in [0.5, 0.6) is 0 Å². The van der Waals surface area contributed by atoms with Crippen molar-refractivity contribution >= 4 is 11.9 Å². The summed E-state index contributed by atoms with van der Waals surface area (Å²) in [7, 11) is 0. The lowest BCUT2D eigenvalue weighted by atomic mass is 10.2. The molecule has 0 aromatic heterocycles. The van der Waals surface area contributed by atoms with Crippen LogP contribution in [0.1, 0.15) is 20.8 Å². The van der Waals surface area contributed by atoms with Crippen molar-refractivity contribution in [1.82, 2.24) is 0 Å². The van der Waals surface area contributed by atoms with Crippen molar-refractivity contribution in [2.75, 3.05) is 26.4 Å². The molecule has 17 heavy (non-hydrogen) atoms. The van der Waals surface area contributed by atoms with Crippen molar-refractivity contribution in [3.8, 4) is 0 Å². The molecule has 0 heterocycles. The summed E-state index contributed by atoms with van der Waals surface area (Å²) in [6, 6.07) is 0. The first-order valence-electron chi connectivity index (χ1n) is 5.52. The lowest BCUT2D eigenvalue weighted by Crippen LogP contribution is -2.17. The van der Waals surface area contributed by atoms with Gasteiger partial charge in [-0.2, -0.15) is 0 Å². The average Bonchev–Trinajstić information content (AvgIpc) is 2.26. The van der Waals surface area contributed by atoms with Crippen molar-refractivity contribution in [3.63, 3.8) is 0 Å². The van der Waals surface area contributed by atoms with Gasteiger partial charge in [0.25, 0.3) is 0 Å². The Balaban J connectivity index is 3.33. The number of hydrogen-bond acceptors (Lipinski definition) is 5. The van der Waals surface area contributed by atoms with Crippen LogP contribution in [0.3, 0.4) is 0 Å². The molecule has 0 atom stereocenters. The van der Waals surface area contributed by atoms with Crippen LogP contribution >= 0.6 is 0 Å². The minimum Gasteiger partial charge on any atom is -0.463 e. The van der Waals surface area contributed by atoms with Gasteiger partial charge in [0.05, 0.1) is 19.1 Å². The second kappa shape index (κ2) is 8.75. The largest absolute Gasteiger partial charge is 0.463 e. The van der Waals surface area contributed by atoms with Gasteiger partial charge in [-0.1, -0.05) is 20.4 Å². The maximum Gasteiger partial charge on any atom is 0.333 e. The first kappa shape index (κ1) is 15.6. The van der Waals surface area contributed by atoms with Crippen molar-refractivity contribution in [1.29, 1.82) is 0 Å². The lowest BCUT2D eigenvalue weighted by molar-refractivity contribution is -0.149. The summed E-state index contributed by atoms with van der Waals surface area (Å²) in [4.78, 5) is 22.0. The highest BCUT2D eigenvalue weighted by Crippen LogP contribution is 1.95. The average molecular weight is 244 g/mol. The van der Waals surface area contributed by atoms with E-state index in [2.05, 4.69) is 6.58 Å². The van der Waals surface area contributed by atoms with E-state index in [1.54, 1.807) is 20.8 Å². The van der Waals surface area contributed by atoms with Crippen LogP contribution in [0.25, 0.3) is 0 Å². The zero-order valence-electron chi connectivity index (χ0n) is 10.7. The van der Waals surface area contributed by atoms with Gasteiger partial charge in [0.2, 0.25) is 0 Å². The van der Waals surface area contributed by atoms with Crippen LogP contribution in [0, 0.1) is 5.92 Å². The predicted molar refractivity (Wildman–Crippen MR) is 62.4 cm³/mol. The summed E-state index contributed by atoms with van der Waals surface area (Å²) >= 11 is 0. The van der Waals surface area contributed by atoms with Gasteiger partial charge >= 0.3 is 11.9 Å². The first-order valence-corrected chi connectivity index (χ1v) is 5.52. The van der Waals surface area contributed by atoms with Gasteiger partial charge in [0, 0.05) is 5.57 Å². The summed E-state index contributed by atoms with van der Waals surface area (Å²) in [6.45, 7) is 9.51. The topological polar surface area (TPSA) is 61.8 Å². The van der Waals surface area contributed by atoms with Crippen LogP contribution in [0.4, 0.5) is 0 Å². The molecule has 0 unspecified atom stereocenters. The van der Waals surface area contributed by atoms with Gasteiger partial charge in [0.15, 0.2) is 0 Å². The Morgan fingerprint density at radius 3 is 2.06 bits per heavy atom. The van der Waals surface area contributed by atoms with Crippen molar-refractivity contribution < 1.29 is 23.8 Å². The summed E-state index contributed by atoms with van der Waals surface area (Å²) in [5, 5.41) is 0. The van der Waals surface area contributed by atoms with Gasteiger partial charge in [-0.05, 0) is 6.92 Å². The minimum absolute atomic E-state index is 0.133. The predicted octanol–water partition coefficient (Wildman–Crippen LogP) is 1.32. The molecule has 0 radical (unpaired) electrons. The molecule has 0 rings (SSSR count). The number of rotatable bonds is 8. The molecule has 5 heteroatoms. The van der Waals surface area contributed by atoms with Crippen LogP contribution < -0.4 is 0 Å². The maximum atomic E-state index is 11.0. The van der Waals surface area contributed by atoms with Gasteiger partial charge in [-0.25, -0.2) is 4.79 Å². The van der Waals surface area contributed by atoms with E-state index in [0.29, 0.717) is 12.2 Å². The Bertz CT molecular complexity index is 270. The van der Waals surface area contributed by atoms with E-state index in [-0.39, 0.29) is 31.7 Å². The minimum atomic E-state index is -0.431. The molecular formula is C12H20O5. The third kappa shape index (κ3) is 8.45. The van der Waals surface area contributed by atoms with E-state index in [0.717, 1.165) is 0 Å². The van der Waals surface area contributed by atoms with Gasteiger partial charge in [-0.3, -0.25) is 4.79 Å². The molecule has 98 valence electrons. The van der Waals surface area contributed by atoms with Gasteiger partial charge in [-0.15, -0.1) is 0 Å². The highest BCUT2D eigenvalue weighted by Gasteiger charge is 2.07. The van der Waals surface area contributed by atoms with Gasteiger partial charge in [0.1, 0.15) is 13.2 Å². The Morgan fingerprint density at radius 1 is 1.06 bits per heavy atom. The monoisotopic (exact) mass is 244 g/mol. The second-order valence-corrected chi connectivity index (χ2v) is 3.85. The number of hydrogen-bond donors (Lipinski definition) is 0. The Morgan fingerprint density at radius 2 is 1.59 bits per heavy atom. The van der Waals surface area contributed by atoms with E-state index in [4.69, 9.17) is 14.2 Å². The van der Waals surface area contributed by atoms with Crippen molar-refractivity contribution in [2.24, 2.45) is 5.92 Å².